The minimum Gasteiger partial charge on any atom is -0.487 e. The van der Waals surface area contributed by atoms with E-state index in [4.69, 9.17) is 37.9 Å². The van der Waals surface area contributed by atoms with E-state index in [1.165, 1.54) is 11.1 Å². The van der Waals surface area contributed by atoms with Crippen LogP contribution in [0.25, 0.3) is 0 Å². The Balaban J connectivity index is 1.56. The van der Waals surface area contributed by atoms with Gasteiger partial charge in [-0.3, -0.25) is 0 Å². The van der Waals surface area contributed by atoms with Crippen LogP contribution in [0.2, 0.25) is 0 Å². The molecule has 0 fully saturated rings. The van der Waals surface area contributed by atoms with Gasteiger partial charge in [-0.15, -0.1) is 0 Å². The van der Waals surface area contributed by atoms with Crippen LogP contribution in [0.5, 0.6) is 23.0 Å². The molecule has 3 rings (SSSR count). The van der Waals surface area contributed by atoms with Crippen molar-refractivity contribution in [2.45, 2.75) is 52.4 Å². The maximum Gasteiger partial charge on any atom is 0.161 e. The van der Waals surface area contributed by atoms with Crippen molar-refractivity contribution in [3.63, 3.8) is 0 Å². The molecule has 224 valence electrons. The maximum absolute atomic E-state index is 6.04. The highest BCUT2D eigenvalue weighted by Gasteiger charge is 2.18. The standard InChI is InChI=1S/C32H48O8/c1-31(2,3)25-7-9-27-29(23-25)39-21-17-35-13-14-36-18-22-40-30-24-26(32(4,5)6)8-10-28(30)38-20-16-34-12-11-33-15-19-37-27/h7-10,23-24H,11-22H2,1-6H3. The summed E-state index contributed by atoms with van der Waals surface area (Å²) in [4.78, 5) is 0. The molecule has 0 saturated carbocycles. The lowest BCUT2D eigenvalue weighted by molar-refractivity contribution is 0.0223. The molecule has 0 unspecified atom stereocenters. The second-order valence-electron chi connectivity index (χ2n) is 11.7. The van der Waals surface area contributed by atoms with Crippen LogP contribution < -0.4 is 18.9 Å². The van der Waals surface area contributed by atoms with Crippen LogP contribution in [0, 0.1) is 0 Å². The molecule has 8 heteroatoms. The molecule has 0 spiro atoms. The van der Waals surface area contributed by atoms with Crippen LogP contribution in [0.4, 0.5) is 0 Å². The average Bonchev–Trinajstić information content (AvgIpc) is 2.90. The van der Waals surface area contributed by atoms with Gasteiger partial charge in [0.2, 0.25) is 0 Å². The quantitative estimate of drug-likeness (QED) is 0.414. The molecule has 0 aromatic heterocycles. The summed E-state index contributed by atoms with van der Waals surface area (Å²) in [5, 5.41) is 0. The van der Waals surface area contributed by atoms with Gasteiger partial charge in [-0.1, -0.05) is 53.7 Å². The summed E-state index contributed by atoms with van der Waals surface area (Å²) in [6, 6.07) is 12.2. The second-order valence-corrected chi connectivity index (χ2v) is 11.7. The van der Waals surface area contributed by atoms with Gasteiger partial charge >= 0.3 is 0 Å². The van der Waals surface area contributed by atoms with Gasteiger partial charge < -0.3 is 37.9 Å². The molecule has 0 N–H and O–H groups in total. The fourth-order valence-electron chi connectivity index (χ4n) is 3.90. The molecular weight excluding hydrogens is 512 g/mol. The number of ether oxygens (including phenoxy) is 8. The molecule has 8 nitrogen and oxygen atoms in total. The molecule has 2 aromatic carbocycles. The van der Waals surface area contributed by atoms with Crippen molar-refractivity contribution in [2.75, 3.05) is 79.3 Å². The minimum atomic E-state index is -0.000221. The monoisotopic (exact) mass is 560 g/mol. The first-order chi connectivity index (χ1) is 19.1. The van der Waals surface area contributed by atoms with Crippen molar-refractivity contribution in [1.29, 1.82) is 0 Å². The normalized spacial score (nSPS) is 17.9. The molecule has 1 heterocycles. The number of hydrogen-bond acceptors (Lipinski definition) is 8. The Bertz CT molecular complexity index is 927. The highest BCUT2D eigenvalue weighted by molar-refractivity contribution is 5.45. The van der Waals surface area contributed by atoms with E-state index in [-0.39, 0.29) is 10.8 Å². The summed E-state index contributed by atoms with van der Waals surface area (Å²) in [7, 11) is 0. The summed E-state index contributed by atoms with van der Waals surface area (Å²) in [6.45, 7) is 18.4. The van der Waals surface area contributed by atoms with Crippen molar-refractivity contribution >= 4 is 0 Å². The van der Waals surface area contributed by atoms with Gasteiger partial charge in [-0.05, 0) is 46.2 Å². The molecule has 0 atom stereocenters. The van der Waals surface area contributed by atoms with Crippen LogP contribution in [-0.4, -0.2) is 79.3 Å². The number of hydrogen-bond donors (Lipinski definition) is 0. The van der Waals surface area contributed by atoms with E-state index >= 15 is 0 Å². The van der Waals surface area contributed by atoms with E-state index in [0.717, 1.165) is 0 Å². The summed E-state index contributed by atoms with van der Waals surface area (Å²) >= 11 is 0. The van der Waals surface area contributed by atoms with Crippen molar-refractivity contribution in [3.05, 3.63) is 47.5 Å². The molecule has 1 aliphatic rings. The van der Waals surface area contributed by atoms with Crippen LogP contribution in [0.15, 0.2) is 36.4 Å². The summed E-state index contributed by atoms with van der Waals surface area (Å²) in [5.41, 5.74) is 2.35. The molecule has 2 aromatic rings. The molecule has 40 heavy (non-hydrogen) atoms. The zero-order valence-corrected chi connectivity index (χ0v) is 25.2. The van der Waals surface area contributed by atoms with Gasteiger partial charge in [0.15, 0.2) is 23.0 Å². The highest BCUT2D eigenvalue weighted by Crippen LogP contribution is 2.34. The predicted molar refractivity (Wildman–Crippen MR) is 156 cm³/mol. The van der Waals surface area contributed by atoms with E-state index in [2.05, 4.69) is 53.7 Å². The molecular formula is C32H48O8. The Morgan fingerprint density at radius 1 is 0.375 bits per heavy atom. The fraction of sp³-hybridized carbons (Fsp3) is 0.625. The van der Waals surface area contributed by atoms with Crippen molar-refractivity contribution in [1.82, 2.24) is 0 Å². The average molecular weight is 561 g/mol. The van der Waals surface area contributed by atoms with Crippen LogP contribution >= 0.6 is 0 Å². The Labute approximate surface area is 240 Å². The number of rotatable bonds is 0. The van der Waals surface area contributed by atoms with Crippen molar-refractivity contribution in [3.8, 4) is 23.0 Å². The van der Waals surface area contributed by atoms with Crippen LogP contribution in [-0.2, 0) is 29.8 Å². The third-order valence-corrected chi connectivity index (χ3v) is 6.30. The lowest BCUT2D eigenvalue weighted by Gasteiger charge is -2.22. The van der Waals surface area contributed by atoms with Crippen LogP contribution in [0.3, 0.4) is 0 Å². The van der Waals surface area contributed by atoms with Gasteiger partial charge in [-0.25, -0.2) is 0 Å². The third-order valence-electron chi connectivity index (χ3n) is 6.30. The van der Waals surface area contributed by atoms with Gasteiger partial charge in [-0.2, -0.15) is 0 Å². The Hall–Kier alpha value is -2.52. The van der Waals surface area contributed by atoms with E-state index in [9.17, 15) is 0 Å². The molecule has 0 radical (unpaired) electrons. The first-order valence-corrected chi connectivity index (χ1v) is 14.3. The molecule has 0 aliphatic carbocycles. The lowest BCUT2D eigenvalue weighted by Crippen LogP contribution is -2.16. The van der Waals surface area contributed by atoms with Gasteiger partial charge in [0.05, 0.1) is 52.9 Å². The number of benzene rings is 2. The van der Waals surface area contributed by atoms with Crippen molar-refractivity contribution < 1.29 is 37.9 Å². The summed E-state index contributed by atoms with van der Waals surface area (Å²) < 4.78 is 46.8. The minimum absolute atomic E-state index is 0.000221. The maximum atomic E-state index is 6.04. The van der Waals surface area contributed by atoms with E-state index in [1.807, 2.05) is 24.3 Å². The van der Waals surface area contributed by atoms with E-state index in [0.29, 0.717) is 102 Å². The SMILES string of the molecule is CC(C)(C)c1ccc2c(c1)OCCOCCOCCOc1cc(C(C)(C)C)ccc1OCCOCCOCCO2. The predicted octanol–water partition coefficient (Wildman–Crippen LogP) is 5.58. The molecule has 1 aliphatic heterocycles. The molecule has 0 amide bonds. The summed E-state index contributed by atoms with van der Waals surface area (Å²) in [6.07, 6.45) is 0. The smallest absolute Gasteiger partial charge is 0.161 e. The van der Waals surface area contributed by atoms with Gasteiger partial charge in [0.1, 0.15) is 26.4 Å². The number of fused-ring (bicyclic) bond motifs is 2. The Morgan fingerprint density at radius 2 is 0.650 bits per heavy atom. The fourth-order valence-corrected chi connectivity index (χ4v) is 3.90. The Morgan fingerprint density at radius 3 is 0.950 bits per heavy atom. The highest BCUT2D eigenvalue weighted by atomic mass is 16.6. The topological polar surface area (TPSA) is 73.8 Å². The zero-order valence-electron chi connectivity index (χ0n) is 25.2. The zero-order chi connectivity index (χ0) is 28.8. The lowest BCUT2D eigenvalue weighted by atomic mass is 9.87. The van der Waals surface area contributed by atoms with Gasteiger partial charge in [0, 0.05) is 0 Å². The first-order valence-electron chi connectivity index (χ1n) is 14.3. The van der Waals surface area contributed by atoms with E-state index in [1.54, 1.807) is 0 Å². The summed E-state index contributed by atoms with van der Waals surface area (Å²) in [5.74, 6) is 2.80. The second kappa shape index (κ2) is 16.1. The Kier molecular flexibility index (Phi) is 12.8. The largest absolute Gasteiger partial charge is 0.487 e. The molecule has 0 saturated heterocycles. The van der Waals surface area contributed by atoms with E-state index < -0.39 is 0 Å². The van der Waals surface area contributed by atoms with Crippen molar-refractivity contribution in [2.24, 2.45) is 0 Å². The third kappa shape index (κ3) is 11.2. The van der Waals surface area contributed by atoms with Crippen LogP contribution in [0.1, 0.15) is 52.7 Å². The van der Waals surface area contributed by atoms with Gasteiger partial charge in [0.25, 0.3) is 0 Å². The first kappa shape index (κ1) is 32.0. The molecule has 0 bridgehead atoms.